The molecule has 1 saturated heterocycles. The minimum atomic E-state index is -0.484. The summed E-state index contributed by atoms with van der Waals surface area (Å²) in [6.45, 7) is 2.61. The topological polar surface area (TPSA) is 47.4 Å². The summed E-state index contributed by atoms with van der Waals surface area (Å²) in [4.78, 5) is 15.2. The second-order valence-corrected chi connectivity index (χ2v) is 10.3. The zero-order valence-corrected chi connectivity index (χ0v) is 22.1. The maximum atomic E-state index is 14.8. The van der Waals surface area contributed by atoms with Gasteiger partial charge in [-0.15, -0.1) is 0 Å². The van der Waals surface area contributed by atoms with E-state index in [9.17, 15) is 13.6 Å². The Labute approximate surface area is 228 Å². The standard InChI is InChI=1S/C29H23F2N3O2S2/c1-2-14-36-25-13-10-20(15-24(25)31)27-21(18-34(32-27)23-6-4-3-5-7-23)16-26-28(35)33(29(37)38-26)17-19-8-11-22(30)12-9-19/h3-13,15-16,18H,2,14,17H2,1H3. The van der Waals surface area contributed by atoms with Gasteiger partial charge in [-0.3, -0.25) is 9.69 Å². The molecule has 5 rings (SSSR count). The number of carbonyl (C=O) groups excluding carboxylic acids is 1. The van der Waals surface area contributed by atoms with E-state index in [2.05, 4.69) is 0 Å². The van der Waals surface area contributed by atoms with Gasteiger partial charge in [-0.05, 0) is 60.5 Å². The van der Waals surface area contributed by atoms with Crippen LogP contribution < -0.4 is 4.74 Å². The molecule has 38 heavy (non-hydrogen) atoms. The second kappa shape index (κ2) is 11.3. The van der Waals surface area contributed by atoms with Crippen LogP contribution in [0.1, 0.15) is 24.5 Å². The highest BCUT2D eigenvalue weighted by Crippen LogP contribution is 2.36. The molecule has 0 bridgehead atoms. The lowest BCUT2D eigenvalue weighted by Crippen LogP contribution is -2.27. The predicted molar refractivity (Wildman–Crippen MR) is 150 cm³/mol. The van der Waals surface area contributed by atoms with E-state index in [0.717, 1.165) is 17.7 Å². The Morgan fingerprint density at radius 2 is 1.82 bits per heavy atom. The number of nitrogens with zero attached hydrogens (tertiary/aromatic N) is 3. The number of hydrogen-bond acceptors (Lipinski definition) is 5. The average Bonchev–Trinajstić information content (AvgIpc) is 3.46. The fourth-order valence-corrected chi connectivity index (χ4v) is 5.20. The van der Waals surface area contributed by atoms with E-state index < -0.39 is 5.82 Å². The highest BCUT2D eigenvalue weighted by Gasteiger charge is 2.32. The zero-order valence-electron chi connectivity index (χ0n) is 20.4. The van der Waals surface area contributed by atoms with Gasteiger partial charge in [0.05, 0.1) is 23.7 Å². The SMILES string of the molecule is CCCOc1ccc(-c2nn(-c3ccccc3)cc2C=C2SC(=S)N(Cc3ccc(F)cc3)C2=O)cc1F. The van der Waals surface area contributed by atoms with Crippen LogP contribution in [0.3, 0.4) is 0 Å². The first-order valence-corrected chi connectivity index (χ1v) is 13.2. The highest BCUT2D eigenvalue weighted by atomic mass is 32.2. The van der Waals surface area contributed by atoms with Crippen molar-refractivity contribution in [2.45, 2.75) is 19.9 Å². The van der Waals surface area contributed by atoms with Crippen LogP contribution in [0.15, 0.2) is 83.9 Å². The molecule has 1 aliphatic rings. The van der Waals surface area contributed by atoms with Crippen molar-refractivity contribution in [2.75, 3.05) is 6.61 Å². The van der Waals surface area contributed by atoms with Gasteiger partial charge in [-0.1, -0.05) is 61.2 Å². The summed E-state index contributed by atoms with van der Waals surface area (Å²) in [5, 5.41) is 4.73. The molecule has 1 amide bonds. The first-order chi connectivity index (χ1) is 18.4. The first-order valence-electron chi connectivity index (χ1n) is 12.0. The van der Waals surface area contributed by atoms with Gasteiger partial charge in [0.15, 0.2) is 11.6 Å². The average molecular weight is 548 g/mol. The molecular formula is C29H23F2N3O2S2. The number of thioether (sulfide) groups is 1. The monoisotopic (exact) mass is 547 g/mol. The van der Waals surface area contributed by atoms with Crippen LogP contribution in [-0.4, -0.2) is 31.5 Å². The Kier molecular flexibility index (Phi) is 7.67. The number of hydrogen-bond donors (Lipinski definition) is 0. The molecule has 0 atom stereocenters. The number of para-hydroxylation sites is 1. The lowest BCUT2D eigenvalue weighted by Gasteiger charge is -2.14. The zero-order chi connectivity index (χ0) is 26.6. The van der Waals surface area contributed by atoms with E-state index in [4.69, 9.17) is 22.1 Å². The first kappa shape index (κ1) is 25.8. The van der Waals surface area contributed by atoms with Crippen molar-refractivity contribution >= 4 is 40.3 Å². The Hall–Kier alpha value is -3.82. The smallest absolute Gasteiger partial charge is 0.266 e. The third-order valence-corrected chi connectivity index (χ3v) is 7.22. The predicted octanol–water partition coefficient (Wildman–Crippen LogP) is 7.01. The fourth-order valence-electron chi connectivity index (χ4n) is 3.96. The van der Waals surface area contributed by atoms with Crippen molar-refractivity contribution in [2.24, 2.45) is 0 Å². The van der Waals surface area contributed by atoms with E-state index in [1.807, 2.05) is 37.3 Å². The van der Waals surface area contributed by atoms with E-state index in [0.29, 0.717) is 32.7 Å². The van der Waals surface area contributed by atoms with E-state index >= 15 is 0 Å². The van der Waals surface area contributed by atoms with Gasteiger partial charge >= 0.3 is 0 Å². The summed E-state index contributed by atoms with van der Waals surface area (Å²) in [5.74, 6) is -0.899. The lowest BCUT2D eigenvalue weighted by atomic mass is 10.1. The Morgan fingerprint density at radius 1 is 1.05 bits per heavy atom. The largest absolute Gasteiger partial charge is 0.491 e. The van der Waals surface area contributed by atoms with Crippen molar-refractivity contribution in [1.29, 1.82) is 0 Å². The number of aromatic nitrogens is 2. The van der Waals surface area contributed by atoms with Gasteiger partial charge in [-0.25, -0.2) is 13.5 Å². The maximum Gasteiger partial charge on any atom is 0.266 e. The highest BCUT2D eigenvalue weighted by molar-refractivity contribution is 8.26. The Balaban J connectivity index is 1.50. The van der Waals surface area contributed by atoms with Gasteiger partial charge < -0.3 is 4.74 Å². The van der Waals surface area contributed by atoms with Crippen LogP contribution in [0.5, 0.6) is 5.75 Å². The second-order valence-electron chi connectivity index (χ2n) is 8.60. The van der Waals surface area contributed by atoms with Crippen LogP contribution in [0, 0.1) is 11.6 Å². The van der Waals surface area contributed by atoms with Crippen LogP contribution in [0.2, 0.25) is 0 Å². The van der Waals surface area contributed by atoms with Crippen LogP contribution in [0.25, 0.3) is 23.0 Å². The molecule has 4 aromatic rings. The number of rotatable bonds is 8. The molecule has 0 N–H and O–H groups in total. The molecule has 0 radical (unpaired) electrons. The van der Waals surface area contributed by atoms with Crippen LogP contribution in [0.4, 0.5) is 8.78 Å². The number of ether oxygens (including phenoxy) is 1. The molecule has 2 heterocycles. The molecule has 9 heteroatoms. The molecule has 1 aromatic heterocycles. The number of halogens is 2. The number of benzene rings is 3. The van der Waals surface area contributed by atoms with Crippen molar-refractivity contribution in [3.05, 3.63) is 107 Å². The van der Waals surface area contributed by atoms with Gasteiger partial charge in [-0.2, -0.15) is 5.10 Å². The van der Waals surface area contributed by atoms with Crippen LogP contribution >= 0.6 is 24.0 Å². The van der Waals surface area contributed by atoms with Crippen LogP contribution in [-0.2, 0) is 11.3 Å². The molecule has 0 saturated carbocycles. The molecule has 3 aromatic carbocycles. The molecule has 0 unspecified atom stereocenters. The molecule has 1 fully saturated rings. The normalized spacial score (nSPS) is 14.5. The molecular weight excluding hydrogens is 524 g/mol. The van der Waals surface area contributed by atoms with E-state index in [-0.39, 0.29) is 24.0 Å². The number of amides is 1. The van der Waals surface area contributed by atoms with Crippen molar-refractivity contribution < 1.29 is 18.3 Å². The van der Waals surface area contributed by atoms with Gasteiger partial charge in [0.1, 0.15) is 15.8 Å². The lowest BCUT2D eigenvalue weighted by molar-refractivity contribution is -0.122. The van der Waals surface area contributed by atoms with Gasteiger partial charge in [0.2, 0.25) is 0 Å². The van der Waals surface area contributed by atoms with Crippen molar-refractivity contribution in [3.8, 4) is 22.7 Å². The summed E-state index contributed by atoms with van der Waals surface area (Å²) in [7, 11) is 0. The molecule has 0 aliphatic carbocycles. The molecule has 192 valence electrons. The minimum absolute atomic E-state index is 0.182. The van der Waals surface area contributed by atoms with E-state index in [1.165, 1.54) is 34.9 Å². The molecule has 0 spiro atoms. The van der Waals surface area contributed by atoms with E-state index in [1.54, 1.807) is 41.2 Å². The summed E-state index contributed by atoms with van der Waals surface area (Å²) >= 11 is 6.67. The third kappa shape index (κ3) is 5.54. The number of carbonyl (C=O) groups is 1. The maximum absolute atomic E-state index is 14.8. The quantitative estimate of drug-likeness (QED) is 0.175. The Bertz CT molecular complexity index is 1520. The summed E-state index contributed by atoms with van der Waals surface area (Å²) in [6, 6.07) is 20.2. The minimum Gasteiger partial charge on any atom is -0.491 e. The summed E-state index contributed by atoms with van der Waals surface area (Å²) in [5.41, 5.74) is 3.29. The Morgan fingerprint density at radius 3 is 2.53 bits per heavy atom. The summed E-state index contributed by atoms with van der Waals surface area (Å²) < 4.78 is 35.7. The van der Waals surface area contributed by atoms with Crippen molar-refractivity contribution in [3.63, 3.8) is 0 Å². The van der Waals surface area contributed by atoms with Gasteiger partial charge in [0, 0.05) is 17.3 Å². The third-order valence-electron chi connectivity index (χ3n) is 5.84. The fraction of sp³-hybridized carbons (Fsp3) is 0.138. The van der Waals surface area contributed by atoms with Gasteiger partial charge in [0.25, 0.3) is 5.91 Å². The molecule has 5 nitrogen and oxygen atoms in total. The van der Waals surface area contributed by atoms with Crippen molar-refractivity contribution in [1.82, 2.24) is 14.7 Å². The summed E-state index contributed by atoms with van der Waals surface area (Å²) in [6.07, 6.45) is 4.30. The molecule has 1 aliphatic heterocycles. The number of thiocarbonyl (C=S) groups is 1.